The van der Waals surface area contributed by atoms with Gasteiger partial charge >= 0.3 is 0 Å². The van der Waals surface area contributed by atoms with Crippen LogP contribution < -0.4 is 0 Å². The Labute approximate surface area is 81.5 Å². The van der Waals surface area contributed by atoms with Crippen LogP contribution >= 0.6 is 0 Å². The number of hydrogen-bond acceptors (Lipinski definition) is 4. The fourth-order valence-electron chi connectivity index (χ4n) is 1.17. The third-order valence-electron chi connectivity index (χ3n) is 1.68. The smallest absolute Gasteiger partial charge is 0.210 e. The highest BCUT2D eigenvalue weighted by molar-refractivity contribution is 7.91. The van der Waals surface area contributed by atoms with Gasteiger partial charge in [0.2, 0.25) is 5.89 Å². The van der Waals surface area contributed by atoms with Gasteiger partial charge in [-0.1, -0.05) is 12.1 Å². The average molecular weight is 210 g/mol. The van der Waals surface area contributed by atoms with Gasteiger partial charge in [0, 0.05) is 0 Å². The van der Waals surface area contributed by atoms with Crippen molar-refractivity contribution in [3.8, 4) is 0 Å². The molecule has 5 heteroatoms. The zero-order valence-corrected chi connectivity index (χ0v) is 8.12. The lowest BCUT2D eigenvalue weighted by molar-refractivity contribution is 0.542. The van der Waals surface area contributed by atoms with Crippen LogP contribution in [0.4, 0.5) is 0 Å². The zero-order valence-electron chi connectivity index (χ0n) is 7.30. The van der Waals surface area contributed by atoms with Gasteiger partial charge in [-0.2, -0.15) is 0 Å². The summed E-state index contributed by atoms with van der Waals surface area (Å²) >= 11 is 0. The van der Waals surface area contributed by atoms with E-state index in [9.17, 15) is 8.42 Å². The minimum Gasteiger partial charge on any atom is -0.440 e. The van der Waals surface area contributed by atoms with E-state index in [0.29, 0.717) is 11.1 Å². The number of rotatable bonds is 2. The van der Waals surface area contributed by atoms with E-state index in [2.05, 4.69) is 11.2 Å². The third kappa shape index (κ3) is 1.93. The Hall–Kier alpha value is -1.36. The maximum Gasteiger partial charge on any atom is 0.210 e. The summed E-state index contributed by atoms with van der Waals surface area (Å²) in [7, 11) is -3.33. The molecule has 0 unspecified atom stereocenters. The van der Waals surface area contributed by atoms with Crippen LogP contribution in [-0.4, -0.2) is 13.4 Å². The maximum atomic E-state index is 10.9. The summed E-state index contributed by atoms with van der Waals surface area (Å²) in [5, 5.41) is 0. The molecule has 0 aliphatic heterocycles. The van der Waals surface area contributed by atoms with Crippen molar-refractivity contribution in [2.24, 2.45) is 0 Å². The molecule has 0 N–H and O–H groups in total. The molecule has 0 bridgehead atoms. The van der Waals surface area contributed by atoms with Gasteiger partial charge in [0.1, 0.15) is 11.3 Å². The van der Waals surface area contributed by atoms with Crippen molar-refractivity contribution in [1.29, 1.82) is 0 Å². The monoisotopic (exact) mass is 210 g/mol. The summed E-state index contributed by atoms with van der Waals surface area (Å²) in [5.74, 6) is -0.0806. The van der Waals surface area contributed by atoms with Crippen LogP contribution in [0.1, 0.15) is 5.89 Å². The van der Waals surface area contributed by atoms with E-state index in [0.717, 1.165) is 0 Å². The van der Waals surface area contributed by atoms with Crippen LogP contribution in [0.3, 0.4) is 0 Å². The van der Waals surface area contributed by atoms with Crippen LogP contribution in [0.5, 0.6) is 0 Å². The van der Waals surface area contributed by atoms with Crippen molar-refractivity contribution in [3.63, 3.8) is 0 Å². The molecule has 0 fully saturated rings. The molecule has 0 amide bonds. The molecule has 0 saturated carbocycles. The van der Waals surface area contributed by atoms with E-state index < -0.39 is 9.84 Å². The van der Waals surface area contributed by atoms with Gasteiger partial charge in [0.15, 0.2) is 15.4 Å². The first kappa shape index (κ1) is 9.21. The number of para-hydroxylation sites is 2. The Morgan fingerprint density at radius 1 is 1.36 bits per heavy atom. The van der Waals surface area contributed by atoms with Gasteiger partial charge < -0.3 is 4.42 Å². The SMILES string of the molecule is [CH2]S(=O)(=O)Cc1nc2ccccc2o1. The van der Waals surface area contributed by atoms with Crippen LogP contribution in [0.2, 0.25) is 0 Å². The second-order valence-electron chi connectivity index (χ2n) is 2.96. The Morgan fingerprint density at radius 3 is 2.71 bits per heavy atom. The van der Waals surface area contributed by atoms with Crippen LogP contribution in [-0.2, 0) is 15.6 Å². The summed E-state index contributed by atoms with van der Waals surface area (Å²) in [6, 6.07) is 7.11. The predicted octanol–water partition coefficient (Wildman–Crippen LogP) is 1.53. The molecular formula is C9H8NO3S. The van der Waals surface area contributed by atoms with Gasteiger partial charge in [0.05, 0.1) is 6.26 Å². The first-order valence-corrected chi connectivity index (χ1v) is 5.77. The summed E-state index contributed by atoms with van der Waals surface area (Å²) in [4.78, 5) is 4.01. The van der Waals surface area contributed by atoms with Crippen LogP contribution in [0.25, 0.3) is 11.1 Å². The average Bonchev–Trinajstić information content (AvgIpc) is 2.42. The lowest BCUT2D eigenvalue weighted by Crippen LogP contribution is -1.97. The maximum absolute atomic E-state index is 10.9. The molecule has 1 aromatic heterocycles. The third-order valence-corrected chi connectivity index (χ3v) is 2.37. The number of hydrogen-bond donors (Lipinski definition) is 0. The molecule has 0 aliphatic rings. The number of aromatic nitrogens is 1. The van der Waals surface area contributed by atoms with Gasteiger partial charge in [-0.05, 0) is 12.1 Å². The molecule has 14 heavy (non-hydrogen) atoms. The summed E-state index contributed by atoms with van der Waals surface area (Å²) < 4.78 is 26.9. The fourth-order valence-corrected chi connectivity index (χ4v) is 1.67. The Kier molecular flexibility index (Phi) is 2.03. The summed E-state index contributed by atoms with van der Waals surface area (Å²) in [6.45, 7) is 0. The number of oxazole rings is 1. The zero-order chi connectivity index (χ0) is 10.2. The predicted molar refractivity (Wildman–Crippen MR) is 52.0 cm³/mol. The highest BCUT2D eigenvalue weighted by Crippen LogP contribution is 2.16. The first-order valence-electron chi connectivity index (χ1n) is 3.95. The minimum absolute atomic E-state index is 0.182. The van der Waals surface area contributed by atoms with Crippen LogP contribution in [0.15, 0.2) is 28.7 Å². The molecule has 1 radical (unpaired) electrons. The van der Waals surface area contributed by atoms with E-state index in [4.69, 9.17) is 4.42 Å². The van der Waals surface area contributed by atoms with Crippen molar-refractivity contribution in [1.82, 2.24) is 4.98 Å². The largest absolute Gasteiger partial charge is 0.440 e. The molecule has 0 atom stereocenters. The molecule has 0 spiro atoms. The number of nitrogens with zero attached hydrogens (tertiary/aromatic N) is 1. The van der Waals surface area contributed by atoms with Gasteiger partial charge in [-0.25, -0.2) is 13.4 Å². The van der Waals surface area contributed by atoms with Crippen LogP contribution in [0, 0.1) is 6.26 Å². The van der Waals surface area contributed by atoms with E-state index >= 15 is 0 Å². The number of benzene rings is 1. The van der Waals surface area contributed by atoms with E-state index in [1.165, 1.54) is 0 Å². The first-order chi connectivity index (χ1) is 6.54. The van der Waals surface area contributed by atoms with Gasteiger partial charge in [-0.15, -0.1) is 0 Å². The number of sulfone groups is 1. The topological polar surface area (TPSA) is 60.2 Å². The second kappa shape index (κ2) is 3.09. The summed E-state index contributed by atoms with van der Waals surface area (Å²) in [5.41, 5.74) is 1.25. The highest BCUT2D eigenvalue weighted by atomic mass is 32.2. The Balaban J connectivity index is 2.46. The summed E-state index contributed by atoms with van der Waals surface area (Å²) in [6.07, 6.45) is 3.01. The number of fused-ring (bicyclic) bond motifs is 1. The van der Waals surface area contributed by atoms with E-state index in [-0.39, 0.29) is 11.6 Å². The Bertz CT molecular complexity index is 523. The molecule has 2 aromatic rings. The van der Waals surface area contributed by atoms with E-state index in [1.54, 1.807) is 18.2 Å². The van der Waals surface area contributed by atoms with Crippen molar-refractivity contribution in [3.05, 3.63) is 36.4 Å². The normalized spacial score (nSPS) is 12.1. The molecule has 1 heterocycles. The van der Waals surface area contributed by atoms with Crippen molar-refractivity contribution in [2.45, 2.75) is 5.75 Å². The molecule has 2 rings (SSSR count). The van der Waals surface area contributed by atoms with E-state index in [1.807, 2.05) is 6.07 Å². The fraction of sp³-hybridized carbons (Fsp3) is 0.111. The molecular weight excluding hydrogens is 202 g/mol. The Morgan fingerprint density at radius 2 is 2.07 bits per heavy atom. The molecule has 73 valence electrons. The molecule has 0 aliphatic carbocycles. The van der Waals surface area contributed by atoms with Crippen molar-refractivity contribution < 1.29 is 12.8 Å². The lowest BCUT2D eigenvalue weighted by Gasteiger charge is -1.89. The minimum atomic E-state index is -3.33. The molecule has 1 aromatic carbocycles. The van der Waals surface area contributed by atoms with Gasteiger partial charge in [-0.3, -0.25) is 0 Å². The standard InChI is InChI=1S/C9H8NO3S/c1-14(11,12)6-9-10-7-4-2-3-5-8(7)13-9/h2-5H,1,6H2. The second-order valence-corrected chi connectivity index (χ2v) is 4.74. The lowest BCUT2D eigenvalue weighted by atomic mass is 10.3. The molecule has 0 saturated heterocycles. The van der Waals surface area contributed by atoms with Crippen molar-refractivity contribution in [2.75, 3.05) is 0 Å². The van der Waals surface area contributed by atoms with Crippen molar-refractivity contribution >= 4 is 20.9 Å². The van der Waals surface area contributed by atoms with Gasteiger partial charge in [0.25, 0.3) is 0 Å². The molecule has 4 nitrogen and oxygen atoms in total. The highest BCUT2D eigenvalue weighted by Gasteiger charge is 2.11. The quantitative estimate of drug-likeness (QED) is 0.754.